The van der Waals surface area contributed by atoms with Gasteiger partial charge in [0.2, 0.25) is 0 Å². The number of carboxylic acid groups (broad SMARTS) is 1. The van der Waals surface area contributed by atoms with Crippen LogP contribution in [0.3, 0.4) is 0 Å². The summed E-state index contributed by atoms with van der Waals surface area (Å²) in [7, 11) is 1.11. The van der Waals surface area contributed by atoms with Gasteiger partial charge in [-0.25, -0.2) is 8.42 Å². The predicted molar refractivity (Wildman–Crippen MR) is 87.9 cm³/mol. The number of carbonyl (C=O) groups is 1. The summed E-state index contributed by atoms with van der Waals surface area (Å²) in [5.41, 5.74) is 0.291. The Bertz CT molecular complexity index is 659. The molecule has 0 heterocycles. The standard InChI is InChI=1S/C14H18BrClO5S/c1-3-4-8(2)5-10(14(18)19)9-6-11(15)13(17)12(7-9)22(16,20)21/h6-8,10,17H,3-5H2,1-2H3,(H,18,19). The molecule has 2 atom stereocenters. The van der Waals surface area contributed by atoms with Crippen molar-refractivity contribution in [1.82, 2.24) is 0 Å². The van der Waals surface area contributed by atoms with Gasteiger partial charge in [-0.15, -0.1) is 0 Å². The van der Waals surface area contributed by atoms with Crippen molar-refractivity contribution in [3.63, 3.8) is 0 Å². The number of rotatable bonds is 7. The van der Waals surface area contributed by atoms with Crippen molar-refractivity contribution in [2.24, 2.45) is 5.92 Å². The van der Waals surface area contributed by atoms with Crippen LogP contribution in [0.15, 0.2) is 21.5 Å². The van der Waals surface area contributed by atoms with E-state index in [1.165, 1.54) is 6.07 Å². The molecule has 0 aliphatic carbocycles. The normalized spacial score (nSPS) is 14.5. The van der Waals surface area contributed by atoms with Gasteiger partial charge in [0, 0.05) is 10.7 Å². The number of benzene rings is 1. The third kappa shape index (κ3) is 4.86. The number of carboxylic acids is 1. The second-order valence-corrected chi connectivity index (χ2v) is 8.70. The zero-order chi connectivity index (χ0) is 17.1. The van der Waals surface area contributed by atoms with Crippen molar-refractivity contribution >= 4 is 41.6 Å². The SMILES string of the molecule is CCCC(C)CC(C(=O)O)c1cc(Br)c(O)c(S(=O)(=O)Cl)c1. The molecule has 124 valence electrons. The largest absolute Gasteiger partial charge is 0.505 e. The van der Waals surface area contributed by atoms with E-state index in [4.69, 9.17) is 10.7 Å². The van der Waals surface area contributed by atoms with Crippen LogP contribution < -0.4 is 0 Å². The van der Waals surface area contributed by atoms with Gasteiger partial charge in [0.1, 0.15) is 10.6 Å². The van der Waals surface area contributed by atoms with Gasteiger partial charge < -0.3 is 10.2 Å². The molecule has 2 N–H and O–H groups in total. The first-order chi connectivity index (χ1) is 10.1. The van der Waals surface area contributed by atoms with E-state index in [0.717, 1.165) is 18.9 Å². The Kier molecular flexibility index (Phi) is 6.70. The molecule has 0 saturated carbocycles. The van der Waals surface area contributed by atoms with E-state index in [0.29, 0.717) is 12.0 Å². The molecule has 2 unspecified atom stereocenters. The lowest BCUT2D eigenvalue weighted by Gasteiger charge is -2.19. The molecule has 0 radical (unpaired) electrons. The maximum atomic E-state index is 11.5. The highest BCUT2D eigenvalue weighted by Gasteiger charge is 2.27. The molecular formula is C14H18BrClO5S. The van der Waals surface area contributed by atoms with Crippen LogP contribution in [0.25, 0.3) is 0 Å². The minimum atomic E-state index is -4.18. The number of phenols is 1. The molecule has 5 nitrogen and oxygen atoms in total. The Labute approximate surface area is 142 Å². The minimum Gasteiger partial charge on any atom is -0.505 e. The summed E-state index contributed by atoms with van der Waals surface area (Å²) in [5.74, 6) is -2.26. The van der Waals surface area contributed by atoms with Crippen LogP contribution in [-0.2, 0) is 13.8 Å². The van der Waals surface area contributed by atoms with Crippen LogP contribution in [0.5, 0.6) is 5.75 Å². The van der Waals surface area contributed by atoms with Gasteiger partial charge in [-0.05, 0) is 46.0 Å². The van der Waals surface area contributed by atoms with Gasteiger partial charge in [0.15, 0.2) is 0 Å². The summed E-state index contributed by atoms with van der Waals surface area (Å²) in [4.78, 5) is 11.0. The maximum absolute atomic E-state index is 11.5. The predicted octanol–water partition coefficient (Wildman–Crippen LogP) is 4.08. The molecule has 0 bridgehead atoms. The molecule has 0 fully saturated rings. The van der Waals surface area contributed by atoms with Gasteiger partial charge >= 0.3 is 5.97 Å². The van der Waals surface area contributed by atoms with Crippen LogP contribution in [0.4, 0.5) is 0 Å². The first-order valence-electron chi connectivity index (χ1n) is 6.77. The van der Waals surface area contributed by atoms with Crippen molar-refractivity contribution in [3.05, 3.63) is 22.2 Å². The highest BCUT2D eigenvalue weighted by Crippen LogP contribution is 2.38. The Hall–Kier alpha value is -0.790. The fraction of sp³-hybridized carbons (Fsp3) is 0.500. The first kappa shape index (κ1) is 19.3. The summed E-state index contributed by atoms with van der Waals surface area (Å²) in [6.45, 7) is 3.97. The molecule has 1 aromatic rings. The molecule has 0 spiro atoms. The molecule has 1 aromatic carbocycles. The van der Waals surface area contributed by atoms with Crippen LogP contribution in [-0.4, -0.2) is 24.6 Å². The number of phenolic OH excluding ortho intramolecular Hbond substituents is 1. The van der Waals surface area contributed by atoms with E-state index in [2.05, 4.69) is 15.9 Å². The summed E-state index contributed by atoms with van der Waals surface area (Å²) < 4.78 is 23.1. The van der Waals surface area contributed by atoms with Crippen molar-refractivity contribution < 1.29 is 23.4 Å². The number of hydrogen-bond donors (Lipinski definition) is 2. The van der Waals surface area contributed by atoms with Crippen molar-refractivity contribution in [2.45, 2.75) is 43.9 Å². The Morgan fingerprint density at radius 3 is 2.45 bits per heavy atom. The number of aromatic hydroxyl groups is 1. The lowest BCUT2D eigenvalue weighted by molar-refractivity contribution is -0.139. The smallest absolute Gasteiger partial charge is 0.310 e. The zero-order valence-electron chi connectivity index (χ0n) is 12.2. The van der Waals surface area contributed by atoms with Gasteiger partial charge in [0.05, 0.1) is 10.4 Å². The molecule has 8 heteroatoms. The molecule has 0 aliphatic heterocycles. The lowest BCUT2D eigenvalue weighted by Crippen LogP contribution is -2.15. The molecule has 0 aromatic heterocycles. The van der Waals surface area contributed by atoms with Gasteiger partial charge in [-0.2, -0.15) is 0 Å². The summed E-state index contributed by atoms with van der Waals surface area (Å²) in [5, 5.41) is 19.2. The van der Waals surface area contributed by atoms with Crippen LogP contribution in [0.1, 0.15) is 44.6 Å². The molecule has 22 heavy (non-hydrogen) atoms. The number of halogens is 2. The molecule has 0 saturated heterocycles. The monoisotopic (exact) mass is 412 g/mol. The number of aliphatic carboxylic acids is 1. The third-order valence-corrected chi connectivity index (χ3v) is 5.37. The van der Waals surface area contributed by atoms with E-state index >= 15 is 0 Å². The second kappa shape index (κ2) is 7.66. The quantitative estimate of drug-likeness (QED) is 0.657. The van der Waals surface area contributed by atoms with E-state index in [9.17, 15) is 23.4 Å². The van der Waals surface area contributed by atoms with Gasteiger partial charge in [-0.1, -0.05) is 26.7 Å². The first-order valence-corrected chi connectivity index (χ1v) is 9.88. The zero-order valence-corrected chi connectivity index (χ0v) is 15.4. The van der Waals surface area contributed by atoms with Crippen molar-refractivity contribution in [1.29, 1.82) is 0 Å². The van der Waals surface area contributed by atoms with Crippen LogP contribution >= 0.6 is 26.6 Å². The van der Waals surface area contributed by atoms with Crippen molar-refractivity contribution in [3.8, 4) is 5.75 Å². The fourth-order valence-corrected chi connectivity index (χ4v) is 3.95. The van der Waals surface area contributed by atoms with Gasteiger partial charge in [-0.3, -0.25) is 4.79 Å². The van der Waals surface area contributed by atoms with E-state index < -0.39 is 31.6 Å². The summed E-state index contributed by atoms with van der Waals surface area (Å²) in [6, 6.07) is 2.54. The summed E-state index contributed by atoms with van der Waals surface area (Å²) in [6.07, 6.45) is 2.19. The minimum absolute atomic E-state index is 0.0959. The van der Waals surface area contributed by atoms with E-state index in [-0.39, 0.29) is 10.4 Å². The Balaban J connectivity index is 3.32. The topological polar surface area (TPSA) is 91.7 Å². The third-order valence-electron chi connectivity index (χ3n) is 3.43. The summed E-state index contributed by atoms with van der Waals surface area (Å²) >= 11 is 3.04. The van der Waals surface area contributed by atoms with Crippen molar-refractivity contribution in [2.75, 3.05) is 0 Å². The lowest BCUT2D eigenvalue weighted by atomic mass is 9.87. The van der Waals surface area contributed by atoms with E-state index in [1.807, 2.05) is 13.8 Å². The molecule has 0 aliphatic rings. The Morgan fingerprint density at radius 1 is 1.41 bits per heavy atom. The number of hydrogen-bond acceptors (Lipinski definition) is 4. The highest BCUT2D eigenvalue weighted by atomic mass is 79.9. The van der Waals surface area contributed by atoms with Gasteiger partial charge in [0.25, 0.3) is 9.05 Å². The van der Waals surface area contributed by atoms with Crippen LogP contribution in [0, 0.1) is 5.92 Å². The molecular weight excluding hydrogens is 396 g/mol. The average molecular weight is 414 g/mol. The Morgan fingerprint density at radius 2 is 2.00 bits per heavy atom. The van der Waals surface area contributed by atoms with Crippen LogP contribution in [0.2, 0.25) is 0 Å². The second-order valence-electron chi connectivity index (χ2n) is 5.31. The highest BCUT2D eigenvalue weighted by molar-refractivity contribution is 9.10. The maximum Gasteiger partial charge on any atom is 0.310 e. The molecule has 1 rings (SSSR count). The van der Waals surface area contributed by atoms with E-state index in [1.54, 1.807) is 0 Å². The average Bonchev–Trinajstić information content (AvgIpc) is 2.37. The molecule has 0 amide bonds. The fourth-order valence-electron chi connectivity index (χ4n) is 2.37.